The fourth-order valence-corrected chi connectivity index (χ4v) is 3.75. The Morgan fingerprint density at radius 1 is 1.28 bits per heavy atom. The Bertz CT molecular complexity index is 545. The summed E-state index contributed by atoms with van der Waals surface area (Å²) in [7, 11) is -3.51. The second-order valence-corrected chi connectivity index (χ2v) is 8.04. The maximum atomic E-state index is 11.2. The van der Waals surface area contributed by atoms with Crippen molar-refractivity contribution in [3.8, 4) is 5.75 Å². The lowest BCUT2D eigenvalue weighted by atomic mass is 9.86. The van der Waals surface area contributed by atoms with Crippen LogP contribution in [0.4, 0.5) is 0 Å². The molecule has 0 bridgehead atoms. The van der Waals surface area contributed by atoms with Crippen LogP contribution in [-0.4, -0.2) is 14.7 Å². The quantitative estimate of drug-likeness (QED) is 0.570. The summed E-state index contributed by atoms with van der Waals surface area (Å²) in [5.41, 5.74) is 1.87. The number of hydrogen-bond donors (Lipinski definition) is 0. The summed E-state index contributed by atoms with van der Waals surface area (Å²) in [4.78, 5) is 0. The van der Waals surface area contributed by atoms with Crippen LogP contribution in [0.25, 0.3) is 0 Å². The summed E-state index contributed by atoms with van der Waals surface area (Å²) < 4.78 is 28.3. The third kappa shape index (κ3) is 4.24. The molecular formula is C12H16Br2O3S. The van der Waals surface area contributed by atoms with Crippen molar-refractivity contribution < 1.29 is 12.6 Å². The van der Waals surface area contributed by atoms with E-state index in [1.54, 1.807) is 12.1 Å². The minimum Gasteiger partial charge on any atom is -0.383 e. The lowest BCUT2D eigenvalue weighted by Gasteiger charge is -2.23. The highest BCUT2D eigenvalue weighted by molar-refractivity contribution is 9.10. The highest BCUT2D eigenvalue weighted by Gasteiger charge is 2.21. The van der Waals surface area contributed by atoms with Crippen LogP contribution in [0.5, 0.6) is 5.75 Å². The smallest absolute Gasteiger partial charge is 0.306 e. The molecule has 0 saturated heterocycles. The molecule has 0 aliphatic carbocycles. The van der Waals surface area contributed by atoms with Crippen molar-refractivity contribution in [2.75, 3.05) is 6.26 Å². The third-order valence-electron chi connectivity index (χ3n) is 2.32. The van der Waals surface area contributed by atoms with Gasteiger partial charge in [-0.3, -0.25) is 0 Å². The Kier molecular flexibility index (Phi) is 4.89. The van der Waals surface area contributed by atoms with Crippen LogP contribution in [0.1, 0.15) is 31.9 Å². The first kappa shape index (κ1) is 16.0. The first-order chi connectivity index (χ1) is 8.04. The lowest BCUT2D eigenvalue weighted by Crippen LogP contribution is -2.14. The second kappa shape index (κ2) is 5.51. The van der Waals surface area contributed by atoms with Gasteiger partial charge in [0.05, 0.1) is 6.26 Å². The summed E-state index contributed by atoms with van der Waals surface area (Å²) in [6.07, 6.45) is 1.04. The maximum absolute atomic E-state index is 11.2. The molecule has 0 spiro atoms. The van der Waals surface area contributed by atoms with E-state index >= 15 is 0 Å². The van der Waals surface area contributed by atoms with Crippen molar-refractivity contribution in [1.29, 1.82) is 0 Å². The van der Waals surface area contributed by atoms with Crippen LogP contribution in [-0.2, 0) is 20.9 Å². The largest absolute Gasteiger partial charge is 0.383 e. The highest BCUT2D eigenvalue weighted by Crippen LogP contribution is 2.36. The molecule has 0 amide bonds. The van der Waals surface area contributed by atoms with E-state index in [1.165, 1.54) is 0 Å². The summed E-state index contributed by atoms with van der Waals surface area (Å²) >= 11 is 6.94. The van der Waals surface area contributed by atoms with Crippen LogP contribution >= 0.6 is 31.9 Å². The highest BCUT2D eigenvalue weighted by atomic mass is 79.9. The van der Waals surface area contributed by atoms with E-state index in [4.69, 9.17) is 4.18 Å². The van der Waals surface area contributed by atoms with Gasteiger partial charge in [0.2, 0.25) is 0 Å². The fraction of sp³-hybridized carbons (Fsp3) is 0.500. The Labute approximate surface area is 125 Å². The van der Waals surface area contributed by atoms with Gasteiger partial charge >= 0.3 is 10.1 Å². The Morgan fingerprint density at radius 2 is 1.83 bits per heavy atom. The Balaban J connectivity index is 3.40. The molecule has 0 aliphatic heterocycles. The molecule has 0 atom stereocenters. The molecule has 0 saturated carbocycles. The van der Waals surface area contributed by atoms with E-state index in [9.17, 15) is 8.42 Å². The van der Waals surface area contributed by atoms with Gasteiger partial charge in [-0.25, -0.2) is 0 Å². The molecule has 0 fully saturated rings. The van der Waals surface area contributed by atoms with Crippen LogP contribution < -0.4 is 4.18 Å². The van der Waals surface area contributed by atoms with E-state index in [0.717, 1.165) is 21.9 Å². The van der Waals surface area contributed by atoms with Gasteiger partial charge < -0.3 is 4.18 Å². The normalized spacial score (nSPS) is 12.6. The first-order valence-corrected chi connectivity index (χ1v) is 9.06. The summed E-state index contributed by atoms with van der Waals surface area (Å²) in [5.74, 6) is 0.347. The SMILES string of the molecule is CC(C)(C)c1cc(OS(C)(=O)=O)cc(CBr)c1Br. The van der Waals surface area contributed by atoms with Crippen LogP contribution in [0.3, 0.4) is 0 Å². The number of rotatable bonds is 3. The molecule has 3 nitrogen and oxygen atoms in total. The van der Waals surface area contributed by atoms with Crippen molar-refractivity contribution in [2.24, 2.45) is 0 Å². The predicted octanol–water partition coefficient (Wildman–Crippen LogP) is 3.98. The number of halogens is 2. The van der Waals surface area contributed by atoms with Crippen LogP contribution in [0.15, 0.2) is 16.6 Å². The van der Waals surface area contributed by atoms with Gasteiger partial charge in [-0.2, -0.15) is 8.42 Å². The average Bonchev–Trinajstić information content (AvgIpc) is 2.16. The minimum atomic E-state index is -3.51. The van der Waals surface area contributed by atoms with E-state index < -0.39 is 10.1 Å². The lowest BCUT2D eigenvalue weighted by molar-refractivity contribution is 0.490. The van der Waals surface area contributed by atoms with Crippen LogP contribution in [0, 0.1) is 0 Å². The van der Waals surface area contributed by atoms with Gasteiger partial charge in [-0.1, -0.05) is 52.6 Å². The molecule has 1 aromatic rings. The first-order valence-electron chi connectivity index (χ1n) is 5.33. The van der Waals surface area contributed by atoms with Gasteiger partial charge in [0.25, 0.3) is 0 Å². The van der Waals surface area contributed by atoms with Gasteiger partial charge in [0, 0.05) is 9.80 Å². The van der Waals surface area contributed by atoms with Crippen molar-refractivity contribution in [3.05, 3.63) is 27.7 Å². The van der Waals surface area contributed by atoms with Crippen molar-refractivity contribution >= 4 is 42.0 Å². The Hall–Kier alpha value is -0.0700. The molecule has 0 radical (unpaired) electrons. The number of benzene rings is 1. The van der Waals surface area contributed by atoms with Gasteiger partial charge in [-0.15, -0.1) is 0 Å². The standard InChI is InChI=1S/C12H16Br2O3S/c1-12(2,3)10-6-9(17-18(4,15)16)5-8(7-13)11(10)14/h5-6H,7H2,1-4H3. The van der Waals surface area contributed by atoms with E-state index in [-0.39, 0.29) is 5.41 Å². The maximum Gasteiger partial charge on any atom is 0.306 e. The zero-order chi connectivity index (χ0) is 14.1. The zero-order valence-electron chi connectivity index (χ0n) is 10.8. The molecule has 0 heterocycles. The summed E-state index contributed by atoms with van der Waals surface area (Å²) in [6, 6.07) is 3.48. The van der Waals surface area contributed by atoms with E-state index in [1.807, 2.05) is 0 Å². The third-order valence-corrected chi connectivity index (χ3v) is 4.36. The fourth-order valence-electron chi connectivity index (χ4n) is 1.52. The summed E-state index contributed by atoms with van der Waals surface area (Å²) in [6.45, 7) is 6.19. The van der Waals surface area contributed by atoms with Crippen molar-refractivity contribution in [2.45, 2.75) is 31.5 Å². The minimum absolute atomic E-state index is 0.105. The topological polar surface area (TPSA) is 43.4 Å². The zero-order valence-corrected chi connectivity index (χ0v) is 14.7. The van der Waals surface area contributed by atoms with E-state index in [2.05, 4.69) is 52.6 Å². The molecule has 1 aromatic carbocycles. The molecule has 0 aromatic heterocycles. The summed E-state index contributed by atoms with van der Waals surface area (Å²) in [5, 5.41) is 0.623. The molecule has 6 heteroatoms. The second-order valence-electron chi connectivity index (χ2n) is 5.12. The molecule has 0 N–H and O–H groups in total. The molecule has 102 valence electrons. The van der Waals surface area contributed by atoms with Gasteiger partial charge in [0.15, 0.2) is 0 Å². The van der Waals surface area contributed by atoms with Crippen molar-refractivity contribution in [1.82, 2.24) is 0 Å². The molecule has 1 rings (SSSR count). The van der Waals surface area contributed by atoms with Crippen molar-refractivity contribution in [3.63, 3.8) is 0 Å². The number of alkyl halides is 1. The van der Waals surface area contributed by atoms with E-state index in [0.29, 0.717) is 11.1 Å². The monoisotopic (exact) mass is 398 g/mol. The molecule has 0 unspecified atom stereocenters. The molecule has 0 aliphatic rings. The average molecular weight is 400 g/mol. The Morgan fingerprint density at radius 3 is 2.22 bits per heavy atom. The molecule has 18 heavy (non-hydrogen) atoms. The molecular weight excluding hydrogens is 384 g/mol. The predicted molar refractivity (Wildman–Crippen MR) is 80.9 cm³/mol. The van der Waals surface area contributed by atoms with Gasteiger partial charge in [0.1, 0.15) is 5.75 Å². The van der Waals surface area contributed by atoms with Crippen LogP contribution in [0.2, 0.25) is 0 Å². The van der Waals surface area contributed by atoms with Gasteiger partial charge in [-0.05, 0) is 28.7 Å². The number of hydrogen-bond acceptors (Lipinski definition) is 3.